The molecule has 2 aromatic rings. The van der Waals surface area contributed by atoms with E-state index in [0.717, 1.165) is 0 Å². The SMILES string of the molecule is CCC(=O)N[C@@H]1C(=O)N[C@@H](Cc2ccccc2)C(=O)N[C@@H](CC(C)C)C(=O)N[C@@H](C(C)C)C(=O)N2CCC[C@H]2C(=O)N2CCC[C@H]2C(=O)N[C@@H](CC(C)C)C(=O)N(C)[C@@H](Cc2ccccc2)C(=O)O[C@H]1C. The van der Waals surface area contributed by atoms with E-state index in [1.54, 1.807) is 81.4 Å². The van der Waals surface area contributed by atoms with Crippen molar-refractivity contribution in [2.75, 3.05) is 20.1 Å². The molecule has 8 amide bonds. The Hall–Kier alpha value is -6.33. The monoisotopic (exact) mass is 985 g/mol. The first kappa shape index (κ1) is 55.6. The van der Waals surface area contributed by atoms with Crippen molar-refractivity contribution in [2.24, 2.45) is 17.8 Å². The van der Waals surface area contributed by atoms with Crippen LogP contribution in [0, 0.1) is 17.8 Å². The zero-order valence-electron chi connectivity index (χ0n) is 42.9. The van der Waals surface area contributed by atoms with Crippen LogP contribution in [0.1, 0.15) is 111 Å². The van der Waals surface area contributed by atoms with Gasteiger partial charge in [-0.05, 0) is 74.3 Å². The van der Waals surface area contributed by atoms with Gasteiger partial charge in [0.1, 0.15) is 54.4 Å². The molecule has 2 aromatic carbocycles. The van der Waals surface area contributed by atoms with E-state index in [4.69, 9.17) is 4.74 Å². The average Bonchev–Trinajstić information content (AvgIpc) is 4.04. The number of nitrogens with one attached hydrogen (secondary N) is 5. The van der Waals surface area contributed by atoms with Gasteiger partial charge in [-0.2, -0.15) is 0 Å². The molecule has 0 radical (unpaired) electrons. The molecule has 0 bridgehead atoms. The fraction of sp³-hybridized carbons (Fsp3) is 0.604. The Morgan fingerprint density at radius 2 is 1.14 bits per heavy atom. The summed E-state index contributed by atoms with van der Waals surface area (Å²) in [5.74, 6) is -6.33. The van der Waals surface area contributed by atoms with Crippen LogP contribution >= 0.6 is 0 Å². The number of fused-ring (bicyclic) bond motifs is 2. The number of amides is 8. The van der Waals surface area contributed by atoms with E-state index in [9.17, 15) is 43.2 Å². The number of benzene rings is 2. The minimum absolute atomic E-state index is 0.0151. The molecule has 18 heteroatoms. The van der Waals surface area contributed by atoms with Crippen LogP contribution in [0.2, 0.25) is 0 Å². The Balaban J connectivity index is 1.61. The predicted molar refractivity (Wildman–Crippen MR) is 266 cm³/mol. The largest absolute Gasteiger partial charge is 0.458 e. The number of carbonyl (C=O) groups excluding carboxylic acids is 9. The van der Waals surface area contributed by atoms with E-state index < -0.39 is 114 Å². The van der Waals surface area contributed by atoms with E-state index in [0.29, 0.717) is 36.8 Å². The van der Waals surface area contributed by atoms with E-state index in [2.05, 4.69) is 26.6 Å². The lowest BCUT2D eigenvalue weighted by Gasteiger charge is -2.35. The summed E-state index contributed by atoms with van der Waals surface area (Å²) in [5, 5.41) is 14.1. The number of rotatable bonds is 11. The summed E-state index contributed by atoms with van der Waals surface area (Å²) < 4.78 is 6.04. The second-order valence-electron chi connectivity index (χ2n) is 20.4. The molecule has 18 nitrogen and oxygen atoms in total. The number of likely N-dealkylation sites (N-methyl/N-ethyl adjacent to an activating group) is 1. The molecule has 0 aliphatic carbocycles. The highest BCUT2D eigenvalue weighted by Crippen LogP contribution is 2.27. The Bertz CT molecular complexity index is 2210. The van der Waals surface area contributed by atoms with Crippen molar-refractivity contribution in [1.29, 1.82) is 0 Å². The molecule has 3 aliphatic heterocycles. The molecular formula is C53H76N8O10. The van der Waals surface area contributed by atoms with Gasteiger partial charge in [0.05, 0.1) is 0 Å². The molecule has 5 N–H and O–H groups in total. The van der Waals surface area contributed by atoms with Crippen LogP contribution in [0.4, 0.5) is 0 Å². The van der Waals surface area contributed by atoms with E-state index in [1.165, 1.54) is 28.7 Å². The molecular weight excluding hydrogens is 909 g/mol. The Morgan fingerprint density at radius 1 is 0.634 bits per heavy atom. The number of esters is 1. The van der Waals surface area contributed by atoms with Crippen molar-refractivity contribution < 1.29 is 47.9 Å². The Morgan fingerprint density at radius 3 is 1.70 bits per heavy atom. The van der Waals surface area contributed by atoms with Gasteiger partial charge in [-0.15, -0.1) is 0 Å². The zero-order valence-corrected chi connectivity index (χ0v) is 42.9. The van der Waals surface area contributed by atoms with Gasteiger partial charge in [0.15, 0.2) is 0 Å². The summed E-state index contributed by atoms with van der Waals surface area (Å²) in [6, 6.07) is 8.46. The second kappa shape index (κ2) is 25.7. The first-order valence-corrected chi connectivity index (χ1v) is 25.4. The van der Waals surface area contributed by atoms with Crippen LogP contribution in [0.3, 0.4) is 0 Å². The van der Waals surface area contributed by atoms with Crippen molar-refractivity contribution in [2.45, 2.75) is 168 Å². The summed E-state index contributed by atoms with van der Waals surface area (Å²) in [6.07, 6.45) is 0.589. The van der Waals surface area contributed by atoms with Gasteiger partial charge < -0.3 is 46.0 Å². The molecule has 3 fully saturated rings. The first-order chi connectivity index (χ1) is 33.7. The van der Waals surface area contributed by atoms with Crippen LogP contribution in [0.15, 0.2) is 60.7 Å². The summed E-state index contributed by atoms with van der Waals surface area (Å²) in [5.41, 5.74) is 1.35. The highest BCUT2D eigenvalue weighted by Gasteiger charge is 2.46. The Kier molecular flexibility index (Phi) is 20.1. The number of hydrogen-bond donors (Lipinski definition) is 5. The van der Waals surface area contributed by atoms with Gasteiger partial charge in [-0.25, -0.2) is 4.79 Å². The van der Waals surface area contributed by atoms with E-state index in [1.807, 2.05) is 27.7 Å². The van der Waals surface area contributed by atoms with Gasteiger partial charge in [0.2, 0.25) is 47.3 Å². The summed E-state index contributed by atoms with van der Waals surface area (Å²) in [6.45, 7) is 14.6. The van der Waals surface area contributed by atoms with Crippen LogP contribution in [0.25, 0.3) is 0 Å². The second-order valence-corrected chi connectivity index (χ2v) is 20.4. The van der Waals surface area contributed by atoms with Crippen molar-refractivity contribution in [3.8, 4) is 0 Å². The molecule has 3 saturated heterocycles. The minimum Gasteiger partial charge on any atom is -0.458 e. The predicted octanol–water partition coefficient (Wildman–Crippen LogP) is 2.81. The van der Waals surface area contributed by atoms with Gasteiger partial charge in [0.25, 0.3) is 0 Å². The van der Waals surface area contributed by atoms with Crippen LogP contribution in [-0.2, 0) is 60.7 Å². The first-order valence-electron chi connectivity index (χ1n) is 25.4. The highest BCUT2D eigenvalue weighted by molar-refractivity contribution is 5.99. The average molecular weight is 985 g/mol. The lowest BCUT2D eigenvalue weighted by molar-refractivity contribution is -0.161. The molecule has 9 atom stereocenters. The van der Waals surface area contributed by atoms with Crippen molar-refractivity contribution in [1.82, 2.24) is 41.3 Å². The fourth-order valence-electron chi connectivity index (χ4n) is 9.60. The molecule has 3 aliphatic rings. The molecule has 5 rings (SSSR count). The third-order valence-corrected chi connectivity index (χ3v) is 13.5. The molecule has 0 unspecified atom stereocenters. The molecule has 71 heavy (non-hydrogen) atoms. The standard InChI is InChI=1S/C53H76N8O10/c1-10-43(62)57-45-34(8)71-53(70)42(30-36-21-15-12-16-22-36)59(9)50(67)39(28-32(4)5)56-48(65)40-23-17-25-60(40)51(68)41-24-18-26-61(41)52(69)44(33(6)7)58-47(64)37(27-31(2)3)54-46(63)38(55-49(45)66)29-35-19-13-11-14-20-35/h11-16,19-22,31-34,37-42,44-45H,10,17-18,23-30H2,1-9H3,(H,54,63)(H,55,66)(H,56,65)(H,57,62)(H,58,64)/t34-,37-,38-,39-,40-,41-,42-,44-,45-/m0/s1. The van der Waals surface area contributed by atoms with Gasteiger partial charge in [-0.1, -0.05) is 109 Å². The molecule has 388 valence electrons. The van der Waals surface area contributed by atoms with E-state index in [-0.39, 0.29) is 57.0 Å². The molecule has 0 spiro atoms. The van der Waals surface area contributed by atoms with E-state index >= 15 is 0 Å². The van der Waals surface area contributed by atoms with Crippen molar-refractivity contribution in [3.63, 3.8) is 0 Å². The number of cyclic esters (lactones) is 1. The van der Waals surface area contributed by atoms with Crippen molar-refractivity contribution >= 4 is 53.2 Å². The summed E-state index contributed by atoms with van der Waals surface area (Å²) >= 11 is 0. The summed E-state index contributed by atoms with van der Waals surface area (Å²) in [7, 11) is 1.44. The normalized spacial score (nSPS) is 27.0. The fourth-order valence-corrected chi connectivity index (χ4v) is 9.60. The third kappa shape index (κ3) is 14.9. The minimum atomic E-state index is -1.53. The topological polar surface area (TPSA) is 233 Å². The molecule has 0 aromatic heterocycles. The number of hydrogen-bond acceptors (Lipinski definition) is 10. The Labute approximate surface area is 418 Å². The lowest BCUT2D eigenvalue weighted by Crippen LogP contribution is -2.61. The lowest BCUT2D eigenvalue weighted by atomic mass is 9.98. The number of ether oxygens (including phenoxy) is 1. The van der Waals surface area contributed by atoms with Crippen LogP contribution < -0.4 is 26.6 Å². The number of nitrogens with zero attached hydrogens (tertiary/aromatic N) is 3. The maximum absolute atomic E-state index is 14.7. The third-order valence-electron chi connectivity index (χ3n) is 13.5. The van der Waals surface area contributed by atoms with Gasteiger partial charge in [-0.3, -0.25) is 38.4 Å². The molecule has 3 heterocycles. The van der Waals surface area contributed by atoms with Crippen molar-refractivity contribution in [3.05, 3.63) is 71.8 Å². The zero-order chi connectivity index (χ0) is 52.1. The molecule has 0 saturated carbocycles. The van der Waals surface area contributed by atoms with Crippen LogP contribution in [-0.4, -0.2) is 143 Å². The van der Waals surface area contributed by atoms with Gasteiger partial charge in [0, 0.05) is 39.4 Å². The smallest absolute Gasteiger partial charge is 0.329 e. The van der Waals surface area contributed by atoms with Gasteiger partial charge >= 0.3 is 5.97 Å². The quantitative estimate of drug-likeness (QED) is 0.207. The highest BCUT2D eigenvalue weighted by atomic mass is 16.5. The summed E-state index contributed by atoms with van der Waals surface area (Å²) in [4.78, 5) is 134. The number of carbonyl (C=O) groups is 9. The maximum atomic E-state index is 14.7. The van der Waals surface area contributed by atoms with Crippen LogP contribution in [0.5, 0.6) is 0 Å². The maximum Gasteiger partial charge on any atom is 0.329 e.